The molecule has 2 rings (SSSR count). The van der Waals surface area contributed by atoms with Crippen molar-refractivity contribution in [3.05, 3.63) is 66.5 Å². The summed E-state index contributed by atoms with van der Waals surface area (Å²) in [6, 6.07) is 8.64. The second kappa shape index (κ2) is 9.09. The lowest BCUT2D eigenvalue weighted by Gasteiger charge is -2.11. The third kappa shape index (κ3) is 4.95. The van der Waals surface area contributed by atoms with Crippen molar-refractivity contribution in [1.29, 1.82) is 0 Å². The van der Waals surface area contributed by atoms with Crippen molar-refractivity contribution in [1.82, 2.24) is 10.4 Å². The van der Waals surface area contributed by atoms with Gasteiger partial charge >= 0.3 is 0 Å². The molecule has 0 saturated carbocycles. The van der Waals surface area contributed by atoms with E-state index in [9.17, 15) is 4.79 Å². The monoisotopic (exact) mass is 325 g/mol. The molecule has 0 fully saturated rings. The van der Waals surface area contributed by atoms with Crippen molar-refractivity contribution in [2.24, 2.45) is 5.10 Å². The molecule has 1 aromatic carbocycles. The van der Waals surface area contributed by atoms with E-state index in [1.165, 1.54) is 0 Å². The van der Waals surface area contributed by atoms with Gasteiger partial charge in [0.15, 0.2) is 11.5 Å². The van der Waals surface area contributed by atoms with Crippen LogP contribution in [0, 0.1) is 0 Å². The number of hydrogen-bond donors (Lipinski definition) is 1. The molecule has 124 valence electrons. The molecule has 0 unspecified atom stereocenters. The number of rotatable bonds is 8. The molecule has 0 aliphatic heterocycles. The number of amides is 1. The van der Waals surface area contributed by atoms with Gasteiger partial charge in [0.2, 0.25) is 0 Å². The zero-order valence-electron chi connectivity index (χ0n) is 13.4. The number of hydrazone groups is 1. The van der Waals surface area contributed by atoms with Gasteiger partial charge in [-0.15, -0.1) is 0 Å². The summed E-state index contributed by atoms with van der Waals surface area (Å²) in [6.07, 6.45) is 6.31. The third-order valence-corrected chi connectivity index (χ3v) is 2.95. The number of carbonyl (C=O) groups excluding carboxylic acids is 1. The molecule has 0 aliphatic carbocycles. The highest BCUT2D eigenvalue weighted by molar-refractivity contribution is 5.94. The maximum atomic E-state index is 11.9. The maximum absolute atomic E-state index is 11.9. The summed E-state index contributed by atoms with van der Waals surface area (Å²) in [7, 11) is 0. The zero-order chi connectivity index (χ0) is 17.2. The van der Waals surface area contributed by atoms with Gasteiger partial charge in [-0.05, 0) is 42.8 Å². The van der Waals surface area contributed by atoms with Crippen molar-refractivity contribution in [2.75, 3.05) is 13.2 Å². The van der Waals surface area contributed by atoms with E-state index in [1.807, 2.05) is 13.0 Å². The van der Waals surface area contributed by atoms with Gasteiger partial charge in [-0.3, -0.25) is 9.78 Å². The minimum Gasteiger partial charge on any atom is -0.490 e. The molecule has 0 saturated heterocycles. The molecule has 1 heterocycles. The highest BCUT2D eigenvalue weighted by Crippen LogP contribution is 2.28. The summed E-state index contributed by atoms with van der Waals surface area (Å²) in [5.41, 5.74) is 3.73. The Morgan fingerprint density at radius 2 is 2.04 bits per heavy atom. The first-order valence-electron chi connectivity index (χ1n) is 7.48. The average Bonchev–Trinajstić information content (AvgIpc) is 2.62. The first-order valence-corrected chi connectivity index (χ1v) is 7.48. The number of ether oxygens (including phenoxy) is 2. The van der Waals surface area contributed by atoms with Crippen LogP contribution >= 0.6 is 0 Å². The fourth-order valence-electron chi connectivity index (χ4n) is 1.87. The molecule has 1 N–H and O–H groups in total. The Balaban J connectivity index is 2.04. The highest BCUT2D eigenvalue weighted by atomic mass is 16.5. The summed E-state index contributed by atoms with van der Waals surface area (Å²) in [4.78, 5) is 15.7. The molecule has 2 aromatic rings. The summed E-state index contributed by atoms with van der Waals surface area (Å²) in [6.45, 7) is 6.43. The van der Waals surface area contributed by atoms with E-state index < -0.39 is 0 Å². The predicted molar refractivity (Wildman–Crippen MR) is 92.6 cm³/mol. The largest absolute Gasteiger partial charge is 0.490 e. The van der Waals surface area contributed by atoms with Crippen molar-refractivity contribution in [3.63, 3.8) is 0 Å². The molecule has 0 atom stereocenters. The van der Waals surface area contributed by atoms with Crippen LogP contribution in [0.15, 0.2) is 60.5 Å². The lowest BCUT2D eigenvalue weighted by atomic mass is 10.2. The van der Waals surface area contributed by atoms with E-state index in [0.29, 0.717) is 30.3 Å². The smallest absolute Gasteiger partial charge is 0.271 e. The van der Waals surface area contributed by atoms with Crippen molar-refractivity contribution in [3.8, 4) is 11.5 Å². The lowest BCUT2D eigenvalue weighted by molar-refractivity contribution is 0.0955. The van der Waals surface area contributed by atoms with Crippen LogP contribution in [-0.2, 0) is 0 Å². The fourth-order valence-corrected chi connectivity index (χ4v) is 1.87. The van der Waals surface area contributed by atoms with Gasteiger partial charge in [-0.2, -0.15) is 5.10 Å². The number of benzene rings is 1. The molecule has 0 radical (unpaired) electrons. The molecular formula is C18H19N3O3. The van der Waals surface area contributed by atoms with Crippen LogP contribution in [0.25, 0.3) is 0 Å². The van der Waals surface area contributed by atoms with Crippen LogP contribution in [-0.4, -0.2) is 30.3 Å². The van der Waals surface area contributed by atoms with Gasteiger partial charge in [-0.25, -0.2) is 5.43 Å². The van der Waals surface area contributed by atoms with Crippen LogP contribution < -0.4 is 14.9 Å². The lowest BCUT2D eigenvalue weighted by Crippen LogP contribution is -2.17. The first kappa shape index (κ1) is 17.2. The van der Waals surface area contributed by atoms with E-state index in [4.69, 9.17) is 9.47 Å². The number of aromatic nitrogens is 1. The Bertz CT molecular complexity index is 715. The Hall–Kier alpha value is -3.15. The van der Waals surface area contributed by atoms with Crippen molar-refractivity contribution >= 4 is 12.1 Å². The van der Waals surface area contributed by atoms with Crippen LogP contribution in [0.1, 0.15) is 22.8 Å². The molecule has 24 heavy (non-hydrogen) atoms. The predicted octanol–water partition coefficient (Wildman–Crippen LogP) is 2.81. The van der Waals surface area contributed by atoms with Crippen molar-refractivity contribution < 1.29 is 14.3 Å². The quantitative estimate of drug-likeness (QED) is 0.460. The number of hydrogen-bond acceptors (Lipinski definition) is 5. The van der Waals surface area contributed by atoms with Crippen molar-refractivity contribution in [2.45, 2.75) is 6.92 Å². The molecule has 1 amide bonds. The van der Waals surface area contributed by atoms with Gasteiger partial charge in [0.25, 0.3) is 5.91 Å². The molecule has 6 nitrogen and oxygen atoms in total. The van der Waals surface area contributed by atoms with E-state index in [0.717, 1.165) is 5.56 Å². The van der Waals surface area contributed by atoms with Crippen LogP contribution in [0.2, 0.25) is 0 Å². The molecular weight excluding hydrogens is 306 g/mol. The van der Waals surface area contributed by atoms with E-state index in [-0.39, 0.29) is 5.91 Å². The molecule has 0 aliphatic rings. The molecule has 0 bridgehead atoms. The van der Waals surface area contributed by atoms with Gasteiger partial charge in [-0.1, -0.05) is 12.7 Å². The Labute approximate surface area is 140 Å². The van der Waals surface area contributed by atoms with E-state index in [1.54, 1.807) is 48.9 Å². The Kier molecular flexibility index (Phi) is 6.52. The molecule has 1 aromatic heterocycles. The second-order valence-corrected chi connectivity index (χ2v) is 4.67. The third-order valence-electron chi connectivity index (χ3n) is 2.95. The Morgan fingerprint density at radius 1 is 1.25 bits per heavy atom. The molecule has 0 spiro atoms. The Morgan fingerprint density at radius 3 is 2.75 bits per heavy atom. The topological polar surface area (TPSA) is 72.8 Å². The van der Waals surface area contributed by atoms with Gasteiger partial charge in [0.05, 0.1) is 12.8 Å². The number of pyridine rings is 1. The summed E-state index contributed by atoms with van der Waals surface area (Å²) in [5, 5.41) is 3.95. The maximum Gasteiger partial charge on any atom is 0.271 e. The standard InChI is InChI=1S/C18H19N3O3/c1-3-11-24-16-6-5-14(12-17(16)23-4-2)13-20-21-18(22)15-7-9-19-10-8-15/h3,5-10,12-13H,1,4,11H2,2H3,(H,21,22)/b20-13-. The van der Waals surface area contributed by atoms with Gasteiger partial charge in [0.1, 0.15) is 6.61 Å². The fraction of sp³-hybridized carbons (Fsp3) is 0.167. The summed E-state index contributed by atoms with van der Waals surface area (Å²) < 4.78 is 11.1. The molecule has 6 heteroatoms. The SMILES string of the molecule is C=CCOc1ccc(/C=N\NC(=O)c2ccncc2)cc1OCC. The average molecular weight is 325 g/mol. The van der Waals surface area contributed by atoms with Crippen LogP contribution in [0.4, 0.5) is 0 Å². The minimum absolute atomic E-state index is 0.301. The van der Waals surface area contributed by atoms with Crippen LogP contribution in [0.3, 0.4) is 0 Å². The summed E-state index contributed by atoms with van der Waals surface area (Å²) in [5.74, 6) is 0.947. The minimum atomic E-state index is -0.301. The second-order valence-electron chi connectivity index (χ2n) is 4.67. The number of carbonyl (C=O) groups is 1. The van der Waals surface area contributed by atoms with E-state index in [2.05, 4.69) is 22.1 Å². The van der Waals surface area contributed by atoms with E-state index >= 15 is 0 Å². The van der Waals surface area contributed by atoms with Gasteiger partial charge < -0.3 is 9.47 Å². The van der Waals surface area contributed by atoms with Gasteiger partial charge in [0, 0.05) is 18.0 Å². The number of nitrogens with one attached hydrogen (secondary N) is 1. The summed E-state index contributed by atoms with van der Waals surface area (Å²) >= 11 is 0. The van der Waals surface area contributed by atoms with Crippen LogP contribution in [0.5, 0.6) is 11.5 Å². The number of nitrogens with zero attached hydrogens (tertiary/aromatic N) is 2. The zero-order valence-corrected chi connectivity index (χ0v) is 13.4. The highest BCUT2D eigenvalue weighted by Gasteiger charge is 2.06. The first-order chi connectivity index (χ1) is 11.7. The normalized spacial score (nSPS) is 10.4.